The number of rotatable bonds is 4. The van der Waals surface area contributed by atoms with Crippen molar-refractivity contribution < 1.29 is 14.3 Å². The Bertz CT molecular complexity index is 877. The quantitative estimate of drug-likeness (QED) is 0.846. The van der Waals surface area contributed by atoms with Gasteiger partial charge in [-0.1, -0.05) is 11.8 Å². The standard InChI is InChI=1S/C18H17N3O3S/c1-10-6-11(2)20-18(14(10)8-19)25-12(3)17(22)21-13-4-5-15-16(7-13)24-9-23-15/h4-7,12H,9H2,1-3H3,(H,21,22). The molecule has 2 heterocycles. The number of nitriles is 1. The second kappa shape index (κ2) is 7.03. The summed E-state index contributed by atoms with van der Waals surface area (Å²) in [4.78, 5) is 16.9. The fourth-order valence-electron chi connectivity index (χ4n) is 2.46. The van der Waals surface area contributed by atoms with Gasteiger partial charge < -0.3 is 14.8 Å². The summed E-state index contributed by atoms with van der Waals surface area (Å²) in [6.45, 7) is 5.71. The van der Waals surface area contributed by atoms with E-state index in [1.807, 2.05) is 19.9 Å². The van der Waals surface area contributed by atoms with E-state index in [1.54, 1.807) is 25.1 Å². The number of anilines is 1. The minimum Gasteiger partial charge on any atom is -0.454 e. The molecule has 1 N–H and O–H groups in total. The molecule has 1 unspecified atom stereocenters. The van der Waals surface area contributed by atoms with Crippen molar-refractivity contribution in [2.24, 2.45) is 0 Å². The first-order chi connectivity index (χ1) is 12.0. The van der Waals surface area contributed by atoms with Crippen LogP contribution in [0.3, 0.4) is 0 Å². The van der Waals surface area contributed by atoms with Gasteiger partial charge in [0.2, 0.25) is 12.7 Å². The Hall–Kier alpha value is -2.72. The van der Waals surface area contributed by atoms with Gasteiger partial charge in [-0.05, 0) is 44.5 Å². The van der Waals surface area contributed by atoms with Crippen LogP contribution >= 0.6 is 11.8 Å². The third-order valence-corrected chi connectivity index (χ3v) is 4.81. The van der Waals surface area contributed by atoms with Crippen molar-refractivity contribution in [1.29, 1.82) is 5.26 Å². The second-order valence-electron chi connectivity index (χ2n) is 5.69. The summed E-state index contributed by atoms with van der Waals surface area (Å²) in [5, 5.41) is 12.4. The molecule has 0 saturated heterocycles. The predicted octanol–water partition coefficient (Wildman–Crippen LogP) is 3.42. The summed E-state index contributed by atoms with van der Waals surface area (Å²) in [6.07, 6.45) is 0. The minimum atomic E-state index is -0.411. The van der Waals surface area contributed by atoms with Crippen LogP contribution in [0.4, 0.5) is 5.69 Å². The summed E-state index contributed by atoms with van der Waals surface area (Å²) >= 11 is 1.27. The van der Waals surface area contributed by atoms with Gasteiger partial charge in [-0.3, -0.25) is 4.79 Å². The van der Waals surface area contributed by atoms with Gasteiger partial charge in [0.05, 0.1) is 10.8 Å². The number of carbonyl (C=O) groups excluding carboxylic acids is 1. The third-order valence-electron chi connectivity index (χ3n) is 3.72. The highest BCUT2D eigenvalue weighted by molar-refractivity contribution is 8.00. The molecule has 3 rings (SSSR count). The predicted molar refractivity (Wildman–Crippen MR) is 94.9 cm³/mol. The molecule has 0 fully saturated rings. The molecular weight excluding hydrogens is 338 g/mol. The van der Waals surface area contributed by atoms with Gasteiger partial charge >= 0.3 is 0 Å². The summed E-state index contributed by atoms with van der Waals surface area (Å²) < 4.78 is 10.6. The average Bonchev–Trinajstić information content (AvgIpc) is 3.02. The molecule has 1 aromatic heterocycles. The first kappa shape index (κ1) is 17.1. The molecule has 1 amide bonds. The fraction of sp³-hybridized carbons (Fsp3) is 0.278. The van der Waals surface area contributed by atoms with Gasteiger partial charge in [-0.25, -0.2) is 4.98 Å². The molecule has 0 spiro atoms. The molecule has 1 aliphatic heterocycles. The molecule has 6 nitrogen and oxygen atoms in total. The fourth-order valence-corrected chi connectivity index (χ4v) is 3.48. The zero-order valence-corrected chi connectivity index (χ0v) is 14.9. The highest BCUT2D eigenvalue weighted by Gasteiger charge is 2.20. The van der Waals surface area contributed by atoms with Crippen molar-refractivity contribution >= 4 is 23.4 Å². The largest absolute Gasteiger partial charge is 0.454 e. The lowest BCUT2D eigenvalue weighted by Crippen LogP contribution is -2.22. The van der Waals surface area contributed by atoms with Gasteiger partial charge in [0.25, 0.3) is 0 Å². The number of aryl methyl sites for hydroxylation is 2. The molecule has 1 aliphatic rings. The van der Waals surface area contributed by atoms with Crippen LogP contribution in [0.5, 0.6) is 11.5 Å². The number of hydrogen-bond donors (Lipinski definition) is 1. The Morgan fingerprint density at radius 1 is 1.32 bits per heavy atom. The molecule has 1 atom stereocenters. The van der Waals surface area contributed by atoms with Crippen molar-refractivity contribution in [3.63, 3.8) is 0 Å². The number of aromatic nitrogens is 1. The van der Waals surface area contributed by atoms with Crippen molar-refractivity contribution in [3.8, 4) is 17.6 Å². The van der Waals surface area contributed by atoms with Crippen LogP contribution in [-0.2, 0) is 4.79 Å². The maximum Gasteiger partial charge on any atom is 0.237 e. The van der Waals surface area contributed by atoms with Crippen molar-refractivity contribution in [1.82, 2.24) is 4.98 Å². The van der Waals surface area contributed by atoms with Crippen molar-refractivity contribution in [2.45, 2.75) is 31.0 Å². The maximum absolute atomic E-state index is 12.5. The lowest BCUT2D eigenvalue weighted by Gasteiger charge is -2.14. The normalized spacial score (nSPS) is 13.2. The van der Waals surface area contributed by atoms with E-state index in [-0.39, 0.29) is 12.7 Å². The van der Waals surface area contributed by atoms with Crippen LogP contribution in [0.15, 0.2) is 29.3 Å². The van der Waals surface area contributed by atoms with Crippen LogP contribution < -0.4 is 14.8 Å². The number of benzene rings is 1. The second-order valence-corrected chi connectivity index (χ2v) is 7.02. The molecule has 2 aromatic rings. The molecule has 25 heavy (non-hydrogen) atoms. The third kappa shape index (κ3) is 3.69. The molecular formula is C18H17N3O3S. The first-order valence-electron chi connectivity index (χ1n) is 7.73. The molecule has 0 bridgehead atoms. The number of ether oxygens (including phenoxy) is 2. The minimum absolute atomic E-state index is 0.172. The lowest BCUT2D eigenvalue weighted by atomic mass is 10.1. The first-order valence-corrected chi connectivity index (χ1v) is 8.61. The maximum atomic E-state index is 12.5. The SMILES string of the molecule is Cc1cc(C)c(C#N)c(SC(C)C(=O)Nc2ccc3c(c2)OCO3)n1. The van der Waals surface area contributed by atoms with Gasteiger partial charge in [0.1, 0.15) is 11.1 Å². The number of nitrogens with one attached hydrogen (secondary N) is 1. The molecule has 0 saturated carbocycles. The zero-order chi connectivity index (χ0) is 18.0. The monoisotopic (exact) mass is 355 g/mol. The summed E-state index contributed by atoms with van der Waals surface area (Å²) in [5.74, 6) is 1.10. The van der Waals surface area contributed by atoms with Crippen LogP contribution in [0.1, 0.15) is 23.7 Å². The molecule has 128 valence electrons. The number of hydrogen-bond acceptors (Lipinski definition) is 6. The van der Waals surface area contributed by atoms with E-state index in [4.69, 9.17) is 9.47 Å². The number of nitrogens with zero attached hydrogens (tertiary/aromatic N) is 2. The Kier molecular flexibility index (Phi) is 4.81. The Morgan fingerprint density at radius 2 is 2.08 bits per heavy atom. The van der Waals surface area contributed by atoms with E-state index < -0.39 is 5.25 Å². The summed E-state index contributed by atoms with van der Waals surface area (Å²) in [6, 6.07) is 9.28. The lowest BCUT2D eigenvalue weighted by molar-refractivity contribution is -0.115. The molecule has 1 aromatic carbocycles. The molecule has 0 radical (unpaired) electrons. The Labute approximate surface area is 150 Å². The van der Waals surface area contributed by atoms with E-state index in [1.165, 1.54) is 11.8 Å². The Balaban J connectivity index is 1.72. The van der Waals surface area contributed by atoms with Crippen molar-refractivity contribution in [2.75, 3.05) is 12.1 Å². The molecule has 0 aliphatic carbocycles. The highest BCUT2D eigenvalue weighted by Crippen LogP contribution is 2.34. The smallest absolute Gasteiger partial charge is 0.237 e. The summed E-state index contributed by atoms with van der Waals surface area (Å²) in [7, 11) is 0. The highest BCUT2D eigenvalue weighted by atomic mass is 32.2. The van der Waals surface area contributed by atoms with Crippen LogP contribution in [-0.4, -0.2) is 22.9 Å². The summed E-state index contributed by atoms with van der Waals surface area (Å²) in [5.41, 5.74) is 2.83. The number of amides is 1. The van der Waals surface area contributed by atoms with Gasteiger partial charge in [-0.15, -0.1) is 0 Å². The van der Waals surface area contributed by atoms with Crippen LogP contribution in [0.25, 0.3) is 0 Å². The zero-order valence-electron chi connectivity index (χ0n) is 14.1. The number of carbonyl (C=O) groups is 1. The molecule has 7 heteroatoms. The van der Waals surface area contributed by atoms with Crippen LogP contribution in [0, 0.1) is 25.2 Å². The number of fused-ring (bicyclic) bond motifs is 1. The van der Waals surface area contributed by atoms with E-state index >= 15 is 0 Å². The van der Waals surface area contributed by atoms with E-state index in [9.17, 15) is 10.1 Å². The topological polar surface area (TPSA) is 84.2 Å². The number of pyridine rings is 1. The van der Waals surface area contributed by atoms with Gasteiger partial charge in [0, 0.05) is 17.4 Å². The average molecular weight is 355 g/mol. The van der Waals surface area contributed by atoms with Crippen LogP contribution in [0.2, 0.25) is 0 Å². The van der Waals surface area contributed by atoms with Crippen molar-refractivity contribution in [3.05, 3.63) is 41.1 Å². The number of thioether (sulfide) groups is 1. The van der Waals surface area contributed by atoms with Gasteiger partial charge in [0.15, 0.2) is 11.5 Å². The van der Waals surface area contributed by atoms with E-state index in [2.05, 4.69) is 16.4 Å². The van der Waals surface area contributed by atoms with Gasteiger partial charge in [-0.2, -0.15) is 5.26 Å². The Morgan fingerprint density at radius 3 is 2.84 bits per heavy atom. The van der Waals surface area contributed by atoms with E-state index in [0.29, 0.717) is 27.8 Å². The van der Waals surface area contributed by atoms with E-state index in [0.717, 1.165) is 11.3 Å².